The van der Waals surface area contributed by atoms with Crippen LogP contribution in [0.25, 0.3) is 0 Å². The van der Waals surface area contributed by atoms with Gasteiger partial charge < -0.3 is 14.3 Å². The van der Waals surface area contributed by atoms with Crippen molar-refractivity contribution in [2.75, 3.05) is 24.5 Å². The Hall–Kier alpha value is -2.77. The fourth-order valence-electron chi connectivity index (χ4n) is 4.02. The van der Waals surface area contributed by atoms with Crippen LogP contribution in [-0.2, 0) is 9.59 Å². The zero-order chi connectivity index (χ0) is 19.8. The number of anilines is 1. The van der Waals surface area contributed by atoms with Crippen molar-refractivity contribution in [3.8, 4) is 0 Å². The second-order valence-electron chi connectivity index (χ2n) is 7.64. The standard InChI is InChI=1S/C20H23FN4O3/c1-12-3-4-17(16(21)9-12)25-11-15(10-18(25)26)20(27)24-7-5-14(6-8-24)19-22-13(2)23-28-19/h3-4,9,14-15H,5-8,10-11H2,1-2H3. The lowest BCUT2D eigenvalue weighted by molar-refractivity contribution is -0.136. The predicted octanol–water partition coefficient (Wildman–Crippen LogP) is 2.58. The minimum absolute atomic E-state index is 0.0384. The van der Waals surface area contributed by atoms with Crippen LogP contribution < -0.4 is 4.90 Å². The number of aryl methyl sites for hydroxylation is 2. The van der Waals surface area contributed by atoms with Crippen molar-refractivity contribution in [2.24, 2.45) is 5.92 Å². The molecule has 0 spiro atoms. The molecule has 2 fully saturated rings. The smallest absolute Gasteiger partial charge is 0.229 e. The maximum absolute atomic E-state index is 14.3. The Morgan fingerprint density at radius 3 is 2.64 bits per heavy atom. The lowest BCUT2D eigenvalue weighted by Crippen LogP contribution is -2.42. The van der Waals surface area contributed by atoms with E-state index in [1.807, 2.05) is 0 Å². The van der Waals surface area contributed by atoms with Crippen LogP contribution in [0.15, 0.2) is 22.7 Å². The van der Waals surface area contributed by atoms with Crippen LogP contribution in [0.4, 0.5) is 10.1 Å². The molecule has 1 aromatic carbocycles. The van der Waals surface area contributed by atoms with E-state index in [9.17, 15) is 14.0 Å². The van der Waals surface area contributed by atoms with Crippen LogP contribution in [0.2, 0.25) is 0 Å². The predicted molar refractivity (Wildman–Crippen MR) is 99.2 cm³/mol. The number of piperidine rings is 1. The third-order valence-corrected chi connectivity index (χ3v) is 5.57. The number of carbonyl (C=O) groups is 2. The van der Waals surface area contributed by atoms with Gasteiger partial charge in [0.15, 0.2) is 5.82 Å². The molecule has 28 heavy (non-hydrogen) atoms. The molecule has 1 aromatic heterocycles. The summed E-state index contributed by atoms with van der Waals surface area (Å²) in [5.74, 6) is 0.282. The van der Waals surface area contributed by atoms with E-state index in [2.05, 4.69) is 10.1 Å². The molecule has 0 bridgehead atoms. The van der Waals surface area contributed by atoms with Gasteiger partial charge in [-0.2, -0.15) is 4.98 Å². The number of benzene rings is 1. The third-order valence-electron chi connectivity index (χ3n) is 5.57. The highest BCUT2D eigenvalue weighted by Crippen LogP contribution is 2.31. The van der Waals surface area contributed by atoms with E-state index in [0.717, 1.165) is 18.4 Å². The second-order valence-corrected chi connectivity index (χ2v) is 7.64. The summed E-state index contributed by atoms with van der Waals surface area (Å²) in [6, 6.07) is 4.78. The van der Waals surface area contributed by atoms with Crippen molar-refractivity contribution in [3.05, 3.63) is 41.3 Å². The number of hydrogen-bond acceptors (Lipinski definition) is 5. The molecule has 4 rings (SSSR count). The number of hydrogen-bond donors (Lipinski definition) is 0. The largest absolute Gasteiger partial charge is 0.342 e. The van der Waals surface area contributed by atoms with Gasteiger partial charge in [0.2, 0.25) is 17.7 Å². The summed E-state index contributed by atoms with van der Waals surface area (Å²) in [7, 11) is 0. The Morgan fingerprint density at radius 1 is 1.25 bits per heavy atom. The van der Waals surface area contributed by atoms with E-state index in [1.54, 1.807) is 30.9 Å². The number of amides is 2. The Kier molecular flexibility index (Phi) is 4.87. The molecular weight excluding hydrogens is 363 g/mol. The van der Waals surface area contributed by atoms with Crippen molar-refractivity contribution in [1.82, 2.24) is 15.0 Å². The molecule has 0 aliphatic carbocycles. The first kappa shape index (κ1) is 18.6. The Labute approximate surface area is 162 Å². The van der Waals surface area contributed by atoms with Crippen molar-refractivity contribution in [3.63, 3.8) is 0 Å². The summed E-state index contributed by atoms with van der Waals surface area (Å²) in [5.41, 5.74) is 1.04. The monoisotopic (exact) mass is 386 g/mol. The minimum Gasteiger partial charge on any atom is -0.342 e. The van der Waals surface area contributed by atoms with Crippen LogP contribution in [0.1, 0.15) is 42.5 Å². The number of aromatic nitrogens is 2. The van der Waals surface area contributed by atoms with E-state index in [-0.39, 0.29) is 36.4 Å². The number of carbonyl (C=O) groups excluding carboxylic acids is 2. The highest BCUT2D eigenvalue weighted by Gasteiger charge is 2.39. The molecule has 3 heterocycles. The van der Waals surface area contributed by atoms with Gasteiger partial charge in [0.25, 0.3) is 0 Å². The molecule has 148 valence electrons. The second kappa shape index (κ2) is 7.33. The molecule has 2 aliphatic heterocycles. The van der Waals surface area contributed by atoms with E-state index in [4.69, 9.17) is 4.52 Å². The van der Waals surface area contributed by atoms with E-state index < -0.39 is 11.7 Å². The quantitative estimate of drug-likeness (QED) is 0.810. The molecule has 0 N–H and O–H groups in total. The molecule has 0 saturated carbocycles. The molecule has 1 atom stereocenters. The number of likely N-dealkylation sites (tertiary alicyclic amines) is 1. The SMILES string of the molecule is Cc1ccc(N2CC(C(=O)N3CCC(c4nc(C)no4)CC3)CC2=O)c(F)c1. The van der Waals surface area contributed by atoms with Crippen molar-refractivity contribution in [2.45, 2.75) is 39.0 Å². The molecule has 1 unspecified atom stereocenters. The summed E-state index contributed by atoms with van der Waals surface area (Å²) in [6.45, 7) is 4.99. The summed E-state index contributed by atoms with van der Waals surface area (Å²) >= 11 is 0. The molecule has 8 heteroatoms. The van der Waals surface area contributed by atoms with E-state index >= 15 is 0 Å². The summed E-state index contributed by atoms with van der Waals surface area (Å²) in [5, 5.41) is 3.83. The average Bonchev–Trinajstić information content (AvgIpc) is 3.27. The van der Waals surface area contributed by atoms with Gasteiger partial charge in [-0.1, -0.05) is 11.2 Å². The lowest BCUT2D eigenvalue weighted by atomic mass is 9.95. The van der Waals surface area contributed by atoms with Gasteiger partial charge in [0, 0.05) is 32.0 Å². The van der Waals surface area contributed by atoms with Gasteiger partial charge in [-0.3, -0.25) is 9.59 Å². The molecule has 0 radical (unpaired) electrons. The highest BCUT2D eigenvalue weighted by atomic mass is 19.1. The van der Waals surface area contributed by atoms with Gasteiger partial charge >= 0.3 is 0 Å². The van der Waals surface area contributed by atoms with Crippen LogP contribution in [0, 0.1) is 25.6 Å². The Morgan fingerprint density at radius 2 is 2.00 bits per heavy atom. The van der Waals surface area contributed by atoms with Gasteiger partial charge in [-0.05, 0) is 44.4 Å². The topological polar surface area (TPSA) is 79.5 Å². The number of rotatable bonds is 3. The molecule has 2 aliphatic rings. The molecule has 7 nitrogen and oxygen atoms in total. The van der Waals surface area contributed by atoms with E-state index in [1.165, 1.54) is 11.0 Å². The first-order valence-electron chi connectivity index (χ1n) is 9.58. The summed E-state index contributed by atoms with van der Waals surface area (Å²) in [4.78, 5) is 32.8. The molecule has 2 amide bonds. The van der Waals surface area contributed by atoms with Crippen LogP contribution in [0.3, 0.4) is 0 Å². The zero-order valence-corrected chi connectivity index (χ0v) is 16.0. The van der Waals surface area contributed by atoms with E-state index in [0.29, 0.717) is 24.8 Å². The van der Waals surface area contributed by atoms with Crippen molar-refractivity contribution < 1.29 is 18.5 Å². The fourth-order valence-corrected chi connectivity index (χ4v) is 4.02. The van der Waals surface area contributed by atoms with Crippen molar-refractivity contribution in [1.29, 1.82) is 0 Å². The maximum atomic E-state index is 14.3. The first-order valence-corrected chi connectivity index (χ1v) is 9.58. The van der Waals surface area contributed by atoms with Gasteiger partial charge in [-0.25, -0.2) is 4.39 Å². The lowest BCUT2D eigenvalue weighted by Gasteiger charge is -2.32. The van der Waals surface area contributed by atoms with Gasteiger partial charge in [0.1, 0.15) is 5.82 Å². The van der Waals surface area contributed by atoms with Crippen LogP contribution in [-0.4, -0.2) is 46.5 Å². The van der Waals surface area contributed by atoms with Crippen molar-refractivity contribution >= 4 is 17.5 Å². The van der Waals surface area contributed by atoms with Crippen LogP contribution in [0.5, 0.6) is 0 Å². The fraction of sp³-hybridized carbons (Fsp3) is 0.500. The highest BCUT2D eigenvalue weighted by molar-refractivity contribution is 6.00. The zero-order valence-electron chi connectivity index (χ0n) is 16.0. The Bertz CT molecular complexity index is 905. The Balaban J connectivity index is 1.39. The first-order chi connectivity index (χ1) is 13.4. The normalized spacial score (nSPS) is 20.8. The van der Waals surface area contributed by atoms with Crippen LogP contribution >= 0.6 is 0 Å². The minimum atomic E-state index is -0.435. The number of halogens is 1. The van der Waals surface area contributed by atoms with Gasteiger partial charge in [0.05, 0.1) is 11.6 Å². The summed E-state index contributed by atoms with van der Waals surface area (Å²) < 4.78 is 19.5. The van der Waals surface area contributed by atoms with Gasteiger partial charge in [-0.15, -0.1) is 0 Å². The molecular formula is C20H23FN4O3. The maximum Gasteiger partial charge on any atom is 0.229 e. The number of nitrogens with zero attached hydrogens (tertiary/aromatic N) is 4. The summed E-state index contributed by atoms with van der Waals surface area (Å²) in [6.07, 6.45) is 1.63. The third kappa shape index (κ3) is 3.50. The molecule has 2 saturated heterocycles. The average molecular weight is 386 g/mol. The molecule has 2 aromatic rings.